The van der Waals surface area contributed by atoms with Gasteiger partial charge in [-0.25, -0.2) is 4.57 Å². The molecule has 0 atom stereocenters. The highest BCUT2D eigenvalue weighted by molar-refractivity contribution is 6.10. The summed E-state index contributed by atoms with van der Waals surface area (Å²) in [7, 11) is 2.22. The Kier molecular flexibility index (Phi) is 4.85. The zero-order valence-corrected chi connectivity index (χ0v) is 20.3. The van der Waals surface area contributed by atoms with Crippen molar-refractivity contribution in [3.63, 3.8) is 0 Å². The lowest BCUT2D eigenvalue weighted by Crippen LogP contribution is -2.26. The summed E-state index contributed by atoms with van der Waals surface area (Å²) in [5.74, 6) is 0.903. The van der Waals surface area contributed by atoms with Gasteiger partial charge in [0.1, 0.15) is 11.2 Å². The lowest BCUT2D eigenvalue weighted by Gasteiger charge is -2.18. The zero-order valence-electron chi connectivity index (χ0n) is 20.3. The van der Waals surface area contributed by atoms with Crippen LogP contribution >= 0.6 is 0 Å². The maximum Gasteiger partial charge on any atom is 0.295 e. The van der Waals surface area contributed by atoms with Crippen molar-refractivity contribution in [2.24, 2.45) is 7.05 Å². The van der Waals surface area contributed by atoms with Gasteiger partial charge in [-0.1, -0.05) is 82.3 Å². The van der Waals surface area contributed by atoms with Gasteiger partial charge in [0.2, 0.25) is 0 Å². The maximum atomic E-state index is 2.53. The van der Waals surface area contributed by atoms with Gasteiger partial charge >= 0.3 is 0 Å². The molecule has 0 spiro atoms. The first kappa shape index (κ1) is 20.8. The molecule has 0 aliphatic carbocycles. The van der Waals surface area contributed by atoms with E-state index in [1.165, 1.54) is 61.0 Å². The quantitative estimate of drug-likeness (QED) is 0.209. The number of pyridine rings is 1. The number of para-hydroxylation sites is 1. The van der Waals surface area contributed by atoms with Gasteiger partial charge in [0, 0.05) is 23.3 Å². The molecule has 0 amide bonds. The predicted octanol–water partition coefficient (Wildman–Crippen LogP) is 7.60. The molecule has 0 radical (unpaired) electrons. The smallest absolute Gasteiger partial charge is 0.229 e. The van der Waals surface area contributed by atoms with Crippen molar-refractivity contribution in [3.8, 4) is 11.3 Å². The van der Waals surface area contributed by atoms with Crippen LogP contribution in [-0.2, 0) is 7.05 Å². The Morgan fingerprint density at radius 3 is 1.97 bits per heavy atom. The number of nitrogens with zero attached hydrogens (tertiary/aromatic N) is 2. The Morgan fingerprint density at radius 1 is 0.719 bits per heavy atom. The number of hydrogen-bond donors (Lipinski definition) is 0. The van der Waals surface area contributed by atoms with Crippen LogP contribution in [0.5, 0.6) is 0 Å². The Labute approximate surface area is 191 Å². The van der Waals surface area contributed by atoms with E-state index in [9.17, 15) is 0 Å². The predicted molar refractivity (Wildman–Crippen MR) is 137 cm³/mol. The molecule has 0 aliphatic rings. The minimum absolute atomic E-state index is 0.451. The Balaban J connectivity index is 2.12. The van der Waals surface area contributed by atoms with Crippen LogP contribution in [0.2, 0.25) is 0 Å². The largest absolute Gasteiger partial charge is 0.295 e. The number of aryl methyl sites for hydroxylation is 2. The van der Waals surface area contributed by atoms with Crippen LogP contribution in [0.1, 0.15) is 61.9 Å². The van der Waals surface area contributed by atoms with Crippen molar-refractivity contribution >= 4 is 27.3 Å². The normalized spacial score (nSPS) is 12.2. The van der Waals surface area contributed by atoms with Crippen LogP contribution in [-0.4, -0.2) is 4.57 Å². The molecule has 0 N–H and O–H groups in total. The molecular formula is C30H33N2+. The fourth-order valence-corrected chi connectivity index (χ4v) is 5.45. The molecule has 0 unspecified atom stereocenters. The first-order valence-electron chi connectivity index (χ1n) is 11.8. The second-order valence-electron chi connectivity index (χ2n) is 9.79. The van der Waals surface area contributed by atoms with Gasteiger partial charge in [-0.05, 0) is 41.5 Å². The summed E-state index contributed by atoms with van der Waals surface area (Å²) in [4.78, 5) is 0. The molecule has 0 bridgehead atoms. The number of benzene rings is 3. The van der Waals surface area contributed by atoms with E-state index in [0.717, 1.165) is 0 Å². The van der Waals surface area contributed by atoms with E-state index in [1.54, 1.807) is 0 Å². The van der Waals surface area contributed by atoms with Crippen LogP contribution in [0.15, 0.2) is 60.7 Å². The van der Waals surface area contributed by atoms with Crippen molar-refractivity contribution in [1.29, 1.82) is 0 Å². The molecule has 2 aromatic heterocycles. The average molecular weight is 422 g/mol. The van der Waals surface area contributed by atoms with E-state index in [0.29, 0.717) is 11.8 Å². The Hall–Kier alpha value is -3.13. The molecule has 0 saturated heterocycles. The molecule has 0 aliphatic heterocycles. The molecule has 0 saturated carbocycles. The second kappa shape index (κ2) is 7.48. The molecule has 162 valence electrons. The molecule has 2 nitrogen and oxygen atoms in total. The molecule has 5 rings (SSSR count). The summed E-state index contributed by atoms with van der Waals surface area (Å²) >= 11 is 0. The van der Waals surface area contributed by atoms with E-state index in [-0.39, 0.29) is 0 Å². The molecular weight excluding hydrogens is 388 g/mol. The topological polar surface area (TPSA) is 9.03 Å². The number of fused-ring (bicyclic) bond motifs is 6. The summed E-state index contributed by atoms with van der Waals surface area (Å²) in [5, 5.41) is 3.98. The number of rotatable bonds is 3. The third kappa shape index (κ3) is 2.82. The lowest BCUT2D eigenvalue weighted by molar-refractivity contribution is -0.467. The minimum Gasteiger partial charge on any atom is -0.229 e. The summed E-state index contributed by atoms with van der Waals surface area (Å²) in [6.07, 6.45) is 0. The van der Waals surface area contributed by atoms with Crippen LogP contribution in [0.3, 0.4) is 0 Å². The van der Waals surface area contributed by atoms with Crippen molar-refractivity contribution in [2.75, 3.05) is 0 Å². The highest BCUT2D eigenvalue weighted by Crippen LogP contribution is 2.39. The highest BCUT2D eigenvalue weighted by Gasteiger charge is 2.31. The van der Waals surface area contributed by atoms with Crippen molar-refractivity contribution < 1.29 is 4.40 Å². The van der Waals surface area contributed by atoms with E-state index in [2.05, 4.69) is 118 Å². The number of aromatic nitrogens is 2. The van der Waals surface area contributed by atoms with Crippen LogP contribution in [0.4, 0.5) is 0 Å². The fourth-order valence-electron chi connectivity index (χ4n) is 5.45. The summed E-state index contributed by atoms with van der Waals surface area (Å²) in [6.45, 7) is 13.8. The number of hydrogen-bond acceptors (Lipinski definition) is 0. The second-order valence-corrected chi connectivity index (χ2v) is 9.79. The van der Waals surface area contributed by atoms with Gasteiger partial charge in [0.15, 0.2) is 5.69 Å². The van der Waals surface area contributed by atoms with Gasteiger partial charge in [-0.3, -0.25) is 0 Å². The third-order valence-electron chi connectivity index (χ3n) is 7.14. The SMILES string of the molecule is Cc1cccc2c3ccccc3[n+]3c(-c4c(C(C)C)cccc4C(C)C)c(C)n(C)c3c12. The molecule has 32 heavy (non-hydrogen) atoms. The third-order valence-corrected chi connectivity index (χ3v) is 7.14. The summed E-state index contributed by atoms with van der Waals surface area (Å²) in [5.41, 5.74) is 10.8. The van der Waals surface area contributed by atoms with Crippen LogP contribution in [0.25, 0.3) is 38.6 Å². The van der Waals surface area contributed by atoms with Gasteiger partial charge in [0.25, 0.3) is 5.65 Å². The summed E-state index contributed by atoms with van der Waals surface area (Å²) < 4.78 is 4.94. The highest BCUT2D eigenvalue weighted by atomic mass is 15.1. The molecule has 2 heteroatoms. The minimum atomic E-state index is 0.451. The van der Waals surface area contributed by atoms with Gasteiger partial charge < -0.3 is 0 Å². The van der Waals surface area contributed by atoms with Gasteiger partial charge in [0.05, 0.1) is 12.4 Å². The standard InChI is InChI=1S/C30H33N2/c1-18(2)22-14-11-15-23(19(3)4)28(22)29-21(6)31(7)30-27-20(5)12-10-16-25(27)24-13-8-9-17-26(24)32(29)30/h8-19H,1-7H3/q+1. The van der Waals surface area contributed by atoms with Gasteiger partial charge in [-0.15, -0.1) is 0 Å². The Bertz CT molecular complexity index is 1470. The molecule has 5 aromatic rings. The van der Waals surface area contributed by atoms with Crippen molar-refractivity contribution in [3.05, 3.63) is 83.0 Å². The molecule has 0 fully saturated rings. The average Bonchev–Trinajstić information content (AvgIpc) is 3.04. The zero-order chi connectivity index (χ0) is 22.7. The molecule has 2 heterocycles. The molecule has 3 aromatic carbocycles. The fraction of sp³-hybridized carbons (Fsp3) is 0.300. The Morgan fingerprint density at radius 2 is 1.31 bits per heavy atom. The monoisotopic (exact) mass is 421 g/mol. The van der Waals surface area contributed by atoms with E-state index < -0.39 is 0 Å². The lowest BCUT2D eigenvalue weighted by atomic mass is 9.86. The maximum absolute atomic E-state index is 2.53. The van der Waals surface area contributed by atoms with Gasteiger partial charge in [-0.2, -0.15) is 4.40 Å². The van der Waals surface area contributed by atoms with Crippen molar-refractivity contribution in [1.82, 2.24) is 4.57 Å². The van der Waals surface area contributed by atoms with E-state index >= 15 is 0 Å². The first-order chi connectivity index (χ1) is 15.3. The van der Waals surface area contributed by atoms with E-state index in [1.807, 2.05) is 0 Å². The van der Waals surface area contributed by atoms with Crippen LogP contribution < -0.4 is 4.40 Å². The van der Waals surface area contributed by atoms with E-state index in [4.69, 9.17) is 0 Å². The van der Waals surface area contributed by atoms with Crippen molar-refractivity contribution in [2.45, 2.75) is 53.4 Å². The number of imidazole rings is 1. The summed E-state index contributed by atoms with van der Waals surface area (Å²) in [6, 6.07) is 22.4. The first-order valence-corrected chi connectivity index (χ1v) is 11.8. The van der Waals surface area contributed by atoms with Crippen LogP contribution in [0, 0.1) is 13.8 Å².